The molecule has 226 valence electrons. The average molecular weight is 586 g/mol. The summed E-state index contributed by atoms with van der Waals surface area (Å²) in [5.74, 6) is 0.111. The molecule has 0 spiro atoms. The molecule has 2 saturated heterocycles. The van der Waals surface area contributed by atoms with Gasteiger partial charge in [-0.15, -0.1) is 0 Å². The first-order valence-electron chi connectivity index (χ1n) is 15.1. The van der Waals surface area contributed by atoms with Gasteiger partial charge in [-0.3, -0.25) is 14.5 Å². The number of carbonyl (C=O) groups excluding carboxylic acids is 2. The molecule has 4 bridgehead atoms. The van der Waals surface area contributed by atoms with E-state index in [1.807, 2.05) is 66.7 Å². The van der Waals surface area contributed by atoms with E-state index < -0.39 is 18.2 Å². The van der Waals surface area contributed by atoms with E-state index in [1.165, 1.54) is 0 Å². The van der Waals surface area contributed by atoms with Gasteiger partial charge in [0.25, 0.3) is 5.91 Å². The largest absolute Gasteiger partial charge is 0.493 e. The van der Waals surface area contributed by atoms with Crippen LogP contribution in [0.1, 0.15) is 47.2 Å². The zero-order chi connectivity index (χ0) is 29.8. The molecule has 3 aromatic carbocycles. The Hall–Kier alpha value is -3.76. The Morgan fingerprint density at radius 3 is 2.49 bits per heavy atom. The molecule has 3 aliphatic heterocycles. The Bertz CT molecular complexity index is 1420. The molecule has 43 heavy (non-hydrogen) atoms. The highest BCUT2D eigenvalue weighted by Gasteiger charge is 2.39. The van der Waals surface area contributed by atoms with Crippen LogP contribution in [0.3, 0.4) is 0 Å². The van der Waals surface area contributed by atoms with Crippen molar-refractivity contribution in [2.24, 2.45) is 0 Å². The van der Waals surface area contributed by atoms with Gasteiger partial charge < -0.3 is 30.3 Å². The van der Waals surface area contributed by atoms with Crippen molar-refractivity contribution in [3.63, 3.8) is 0 Å². The Morgan fingerprint density at radius 1 is 0.907 bits per heavy atom. The molecule has 0 unspecified atom stereocenters. The molecule has 6 rings (SSSR count). The first kappa shape index (κ1) is 29.3. The van der Waals surface area contributed by atoms with Gasteiger partial charge in [0.1, 0.15) is 11.9 Å². The maximum atomic E-state index is 13.7. The second kappa shape index (κ2) is 13.3. The molecular formula is C34H39N3O6. The van der Waals surface area contributed by atoms with E-state index in [1.54, 1.807) is 6.07 Å². The summed E-state index contributed by atoms with van der Waals surface area (Å²) in [5.41, 5.74) is 4.19. The van der Waals surface area contributed by atoms with Crippen LogP contribution in [0.4, 0.5) is 0 Å². The quantitative estimate of drug-likeness (QED) is 0.372. The molecule has 2 amide bonds. The van der Waals surface area contributed by atoms with E-state index in [-0.39, 0.29) is 37.1 Å². The molecule has 3 aliphatic rings. The molecule has 0 saturated carbocycles. The summed E-state index contributed by atoms with van der Waals surface area (Å²) in [6.45, 7) is 1.64. The van der Waals surface area contributed by atoms with Gasteiger partial charge >= 0.3 is 0 Å². The van der Waals surface area contributed by atoms with Crippen molar-refractivity contribution in [3.8, 4) is 16.9 Å². The van der Waals surface area contributed by atoms with Crippen molar-refractivity contribution < 1.29 is 29.3 Å². The lowest BCUT2D eigenvalue weighted by molar-refractivity contribution is -0.133. The first-order chi connectivity index (χ1) is 21.0. The third-order valence-corrected chi connectivity index (χ3v) is 8.72. The number of aliphatic hydroxyl groups excluding tert-OH is 2. The van der Waals surface area contributed by atoms with Gasteiger partial charge in [-0.05, 0) is 53.6 Å². The summed E-state index contributed by atoms with van der Waals surface area (Å²) >= 11 is 0. The third-order valence-electron chi connectivity index (χ3n) is 8.72. The molecule has 9 nitrogen and oxygen atoms in total. The number of benzene rings is 3. The van der Waals surface area contributed by atoms with E-state index in [4.69, 9.17) is 9.47 Å². The number of rotatable bonds is 4. The van der Waals surface area contributed by atoms with Crippen LogP contribution in [0.25, 0.3) is 11.1 Å². The second-order valence-electron chi connectivity index (χ2n) is 11.7. The smallest absolute Gasteiger partial charge is 0.255 e. The molecule has 0 aliphatic carbocycles. The Labute approximate surface area is 251 Å². The fraction of sp³-hybridized carbons (Fsp3) is 0.412. The summed E-state index contributed by atoms with van der Waals surface area (Å²) < 4.78 is 12.5. The van der Waals surface area contributed by atoms with Crippen LogP contribution in [0.15, 0.2) is 72.8 Å². The van der Waals surface area contributed by atoms with Crippen molar-refractivity contribution in [2.75, 3.05) is 19.7 Å². The van der Waals surface area contributed by atoms with E-state index in [0.29, 0.717) is 56.7 Å². The summed E-state index contributed by atoms with van der Waals surface area (Å²) in [5, 5.41) is 26.2. The predicted molar refractivity (Wildman–Crippen MR) is 161 cm³/mol. The van der Waals surface area contributed by atoms with Gasteiger partial charge in [0, 0.05) is 32.1 Å². The number of nitrogens with zero attached hydrogens (tertiary/aromatic N) is 1. The summed E-state index contributed by atoms with van der Waals surface area (Å²) in [7, 11) is 0. The topological polar surface area (TPSA) is 120 Å². The lowest BCUT2D eigenvalue weighted by Gasteiger charge is -2.34. The van der Waals surface area contributed by atoms with Crippen molar-refractivity contribution in [3.05, 3.63) is 89.5 Å². The molecule has 5 atom stereocenters. The molecule has 3 heterocycles. The number of hydrogen-bond acceptors (Lipinski definition) is 7. The van der Waals surface area contributed by atoms with Gasteiger partial charge in [0.2, 0.25) is 5.91 Å². The van der Waals surface area contributed by atoms with Crippen LogP contribution in [0, 0.1) is 0 Å². The minimum Gasteiger partial charge on any atom is -0.493 e. The van der Waals surface area contributed by atoms with Crippen molar-refractivity contribution >= 4 is 11.8 Å². The zero-order valence-electron chi connectivity index (χ0n) is 24.2. The number of carbonyl (C=O) groups is 2. The zero-order valence-corrected chi connectivity index (χ0v) is 24.2. The average Bonchev–Trinajstić information content (AvgIpc) is 3.42. The molecule has 3 aromatic rings. The lowest BCUT2D eigenvalue weighted by atomic mass is 9.99. The van der Waals surface area contributed by atoms with Crippen LogP contribution < -0.4 is 15.4 Å². The standard InChI is InChI=1S/C34H39N3O6/c38-21-23-6-8-24(9-7-23)25-10-12-28-31(16-25)42-15-14-27-11-13-30(39)32(43-27)18-35-34(41)29-17-26(36-33(28)40)20-37(29)19-22-4-2-1-3-5-22/h1-10,12,16,26-27,29-30,32,38-39H,11,13-15,17-21H2,(H,35,41)(H,36,40)/t26-,27-,29-,30-,32+/m0/s1. The maximum Gasteiger partial charge on any atom is 0.255 e. The Morgan fingerprint density at radius 2 is 1.70 bits per heavy atom. The highest BCUT2D eigenvalue weighted by Crippen LogP contribution is 2.30. The van der Waals surface area contributed by atoms with Crippen LogP contribution in [0.5, 0.6) is 5.75 Å². The van der Waals surface area contributed by atoms with E-state index in [9.17, 15) is 19.8 Å². The number of ether oxygens (including phenoxy) is 2. The summed E-state index contributed by atoms with van der Waals surface area (Å²) in [4.78, 5) is 29.3. The monoisotopic (exact) mass is 585 g/mol. The highest BCUT2D eigenvalue weighted by atomic mass is 16.5. The highest BCUT2D eigenvalue weighted by molar-refractivity contribution is 5.98. The Kier molecular flexibility index (Phi) is 9.04. The van der Waals surface area contributed by atoms with E-state index in [2.05, 4.69) is 15.5 Å². The van der Waals surface area contributed by atoms with Gasteiger partial charge in [0.15, 0.2) is 0 Å². The van der Waals surface area contributed by atoms with Gasteiger partial charge in [-0.1, -0.05) is 60.7 Å². The van der Waals surface area contributed by atoms with E-state index >= 15 is 0 Å². The predicted octanol–water partition coefficient (Wildman–Crippen LogP) is 3.03. The minimum atomic E-state index is -0.645. The minimum absolute atomic E-state index is 0.0265. The van der Waals surface area contributed by atoms with Crippen LogP contribution >= 0.6 is 0 Å². The number of hydrogen-bond donors (Lipinski definition) is 4. The first-order valence-corrected chi connectivity index (χ1v) is 15.1. The fourth-order valence-corrected chi connectivity index (χ4v) is 6.31. The second-order valence-corrected chi connectivity index (χ2v) is 11.7. The molecule has 2 fully saturated rings. The summed E-state index contributed by atoms with van der Waals surface area (Å²) in [6.07, 6.45) is 1.06. The van der Waals surface area contributed by atoms with Gasteiger partial charge in [-0.2, -0.15) is 0 Å². The van der Waals surface area contributed by atoms with Crippen molar-refractivity contribution in [1.82, 2.24) is 15.5 Å². The summed E-state index contributed by atoms with van der Waals surface area (Å²) in [6, 6.07) is 22.5. The number of fused-ring (bicyclic) bond motifs is 5. The number of nitrogens with one attached hydrogen (secondary N) is 2. The Balaban J connectivity index is 1.29. The third kappa shape index (κ3) is 6.91. The molecule has 9 heteroatoms. The number of amides is 2. The number of likely N-dealkylation sites (tertiary alicyclic amines) is 1. The van der Waals surface area contributed by atoms with E-state index in [0.717, 1.165) is 22.3 Å². The van der Waals surface area contributed by atoms with Crippen LogP contribution in [-0.4, -0.2) is 77.0 Å². The van der Waals surface area contributed by atoms with Gasteiger partial charge in [0.05, 0.1) is 37.0 Å². The van der Waals surface area contributed by atoms with Crippen LogP contribution in [0.2, 0.25) is 0 Å². The normalized spacial score (nSPS) is 26.6. The van der Waals surface area contributed by atoms with Crippen molar-refractivity contribution in [1.29, 1.82) is 0 Å². The molecular weight excluding hydrogens is 546 g/mol. The van der Waals surface area contributed by atoms with Gasteiger partial charge in [-0.25, -0.2) is 0 Å². The maximum absolute atomic E-state index is 13.7. The van der Waals surface area contributed by atoms with Crippen LogP contribution in [-0.2, 0) is 22.7 Å². The molecule has 0 radical (unpaired) electrons. The molecule has 0 aromatic heterocycles. The molecule has 4 N–H and O–H groups in total. The fourth-order valence-electron chi connectivity index (χ4n) is 6.31. The van der Waals surface area contributed by atoms with Crippen molar-refractivity contribution in [2.45, 2.75) is 69.2 Å². The number of aliphatic hydroxyl groups is 2. The SMILES string of the molecule is O=C1N[C@H]2C[C@@H](C(=O)NC[C@H]3O[C@H](CCOc4cc(-c5ccc(CO)cc5)ccc41)CC[C@@H]3O)N(Cc1ccccc1)C2. The lowest BCUT2D eigenvalue weighted by Crippen LogP contribution is -2.50.